The highest BCUT2D eigenvalue weighted by Crippen LogP contribution is 2.28. The van der Waals surface area contributed by atoms with Crippen LogP contribution in [0.1, 0.15) is 18.9 Å². The van der Waals surface area contributed by atoms with Crippen LogP contribution in [-0.4, -0.2) is 13.6 Å². The third kappa shape index (κ3) is 4.29. The summed E-state index contributed by atoms with van der Waals surface area (Å²) < 4.78 is 14.1. The van der Waals surface area contributed by atoms with Crippen LogP contribution in [0.3, 0.4) is 0 Å². The quantitative estimate of drug-likeness (QED) is 0.748. The van der Waals surface area contributed by atoms with Crippen LogP contribution in [0.15, 0.2) is 46.9 Å². The van der Waals surface area contributed by atoms with Crippen molar-refractivity contribution in [2.24, 2.45) is 0 Å². The monoisotopic (exact) mass is 350 g/mol. The lowest BCUT2D eigenvalue weighted by molar-refractivity contribution is 0.628. The van der Waals surface area contributed by atoms with Gasteiger partial charge in [0.25, 0.3) is 0 Å². The Labute approximate surface area is 134 Å². The van der Waals surface area contributed by atoms with E-state index in [2.05, 4.69) is 46.4 Å². The lowest BCUT2D eigenvalue weighted by atomic mass is 10.2. The predicted octanol–water partition coefficient (Wildman–Crippen LogP) is 4.86. The minimum atomic E-state index is -0.217. The fourth-order valence-electron chi connectivity index (χ4n) is 2.10. The van der Waals surface area contributed by atoms with Crippen LogP contribution in [0.4, 0.5) is 15.8 Å². The van der Waals surface area contributed by atoms with Gasteiger partial charge in [-0.2, -0.15) is 0 Å². The molecule has 0 amide bonds. The molecule has 1 N–H and O–H groups in total. The van der Waals surface area contributed by atoms with E-state index < -0.39 is 0 Å². The van der Waals surface area contributed by atoms with E-state index in [1.54, 1.807) is 12.1 Å². The first kappa shape index (κ1) is 16.0. The summed E-state index contributed by atoms with van der Waals surface area (Å²) in [5.74, 6) is -0.217. The zero-order valence-electron chi connectivity index (χ0n) is 12.4. The Hall–Kier alpha value is -1.39. The van der Waals surface area contributed by atoms with Crippen molar-refractivity contribution in [2.45, 2.75) is 19.9 Å². The van der Waals surface area contributed by atoms with E-state index in [-0.39, 0.29) is 5.82 Å². The summed E-state index contributed by atoms with van der Waals surface area (Å²) in [4.78, 5) is 2.04. The number of halogens is 2. The van der Waals surface area contributed by atoms with Crippen LogP contribution < -0.4 is 10.2 Å². The molecule has 0 unspecified atom stereocenters. The molecule has 0 aliphatic heterocycles. The number of nitrogens with zero attached hydrogens (tertiary/aromatic N) is 1. The van der Waals surface area contributed by atoms with Gasteiger partial charge in [-0.3, -0.25) is 0 Å². The minimum Gasteiger partial charge on any atom is -0.345 e. The van der Waals surface area contributed by atoms with Gasteiger partial charge in [-0.05, 0) is 54.9 Å². The molecule has 0 radical (unpaired) electrons. The number of hydrogen-bond acceptors (Lipinski definition) is 2. The lowest BCUT2D eigenvalue weighted by Crippen LogP contribution is -2.14. The van der Waals surface area contributed by atoms with Crippen molar-refractivity contribution in [1.82, 2.24) is 5.32 Å². The van der Waals surface area contributed by atoms with Gasteiger partial charge in [0, 0.05) is 29.4 Å². The fourth-order valence-corrected chi connectivity index (χ4v) is 2.61. The van der Waals surface area contributed by atoms with Crippen molar-refractivity contribution in [2.75, 3.05) is 18.5 Å². The Morgan fingerprint density at radius 2 is 1.76 bits per heavy atom. The summed E-state index contributed by atoms with van der Waals surface area (Å²) in [6.45, 7) is 4.03. The SMILES string of the molecule is CCCNCc1ccc(N(C)c2ccc(F)cc2)cc1Br. The van der Waals surface area contributed by atoms with Crippen molar-refractivity contribution >= 4 is 27.3 Å². The molecule has 2 aromatic rings. The summed E-state index contributed by atoms with van der Waals surface area (Å²) in [6.07, 6.45) is 1.13. The Morgan fingerprint density at radius 3 is 2.38 bits per heavy atom. The molecule has 0 atom stereocenters. The van der Waals surface area contributed by atoms with Crippen molar-refractivity contribution in [3.8, 4) is 0 Å². The molecule has 0 aliphatic carbocycles. The molecule has 0 bridgehead atoms. The fraction of sp³-hybridized carbons (Fsp3) is 0.294. The largest absolute Gasteiger partial charge is 0.345 e. The minimum absolute atomic E-state index is 0.217. The van der Waals surface area contributed by atoms with Gasteiger partial charge in [-0.15, -0.1) is 0 Å². The third-order valence-corrected chi connectivity index (χ3v) is 4.12. The maximum absolute atomic E-state index is 13.0. The summed E-state index contributed by atoms with van der Waals surface area (Å²) in [7, 11) is 1.98. The molecule has 0 saturated carbocycles. The van der Waals surface area contributed by atoms with Crippen LogP contribution >= 0.6 is 15.9 Å². The van der Waals surface area contributed by atoms with Crippen LogP contribution in [0.5, 0.6) is 0 Å². The second kappa shape index (κ2) is 7.57. The highest BCUT2D eigenvalue weighted by molar-refractivity contribution is 9.10. The van der Waals surface area contributed by atoms with E-state index in [9.17, 15) is 4.39 Å². The molecule has 0 heterocycles. The highest BCUT2D eigenvalue weighted by atomic mass is 79.9. The number of hydrogen-bond donors (Lipinski definition) is 1. The Kier molecular flexibility index (Phi) is 5.76. The van der Waals surface area contributed by atoms with Crippen LogP contribution in [-0.2, 0) is 6.54 Å². The van der Waals surface area contributed by atoms with Gasteiger partial charge in [0.15, 0.2) is 0 Å². The molecule has 0 aliphatic rings. The Bertz CT molecular complexity index is 584. The molecule has 112 valence electrons. The Balaban J connectivity index is 2.13. The molecule has 2 aromatic carbocycles. The molecule has 0 fully saturated rings. The van der Waals surface area contributed by atoms with Crippen LogP contribution in [0.25, 0.3) is 0 Å². The summed E-state index contributed by atoms with van der Waals surface area (Å²) in [5, 5.41) is 3.39. The number of nitrogens with one attached hydrogen (secondary N) is 1. The molecular weight excluding hydrogens is 331 g/mol. The first-order valence-corrected chi connectivity index (χ1v) is 7.89. The number of benzene rings is 2. The van der Waals surface area contributed by atoms with E-state index in [0.29, 0.717) is 0 Å². The third-order valence-electron chi connectivity index (χ3n) is 3.38. The van der Waals surface area contributed by atoms with Gasteiger partial charge in [-0.25, -0.2) is 4.39 Å². The van der Waals surface area contributed by atoms with Gasteiger partial charge in [-0.1, -0.05) is 28.9 Å². The van der Waals surface area contributed by atoms with Crippen molar-refractivity contribution in [1.29, 1.82) is 0 Å². The van der Waals surface area contributed by atoms with Gasteiger partial charge in [0.2, 0.25) is 0 Å². The number of anilines is 2. The van der Waals surface area contributed by atoms with E-state index in [1.165, 1.54) is 17.7 Å². The highest BCUT2D eigenvalue weighted by Gasteiger charge is 2.07. The first-order valence-electron chi connectivity index (χ1n) is 7.10. The van der Waals surface area contributed by atoms with Crippen molar-refractivity contribution in [3.63, 3.8) is 0 Å². The lowest BCUT2D eigenvalue weighted by Gasteiger charge is -2.20. The summed E-state index contributed by atoms with van der Waals surface area (Å²) in [5.41, 5.74) is 3.26. The molecule has 0 aromatic heterocycles. The van der Waals surface area contributed by atoms with E-state index in [1.807, 2.05) is 11.9 Å². The zero-order chi connectivity index (χ0) is 15.2. The average molecular weight is 351 g/mol. The normalized spacial score (nSPS) is 10.7. The van der Waals surface area contributed by atoms with Gasteiger partial charge < -0.3 is 10.2 Å². The molecular formula is C17H20BrFN2. The smallest absolute Gasteiger partial charge is 0.123 e. The van der Waals surface area contributed by atoms with E-state index >= 15 is 0 Å². The first-order chi connectivity index (χ1) is 10.1. The maximum atomic E-state index is 13.0. The average Bonchev–Trinajstić information content (AvgIpc) is 2.49. The second-order valence-electron chi connectivity index (χ2n) is 4.99. The predicted molar refractivity (Wildman–Crippen MR) is 90.6 cm³/mol. The molecule has 2 nitrogen and oxygen atoms in total. The van der Waals surface area contributed by atoms with Crippen LogP contribution in [0.2, 0.25) is 0 Å². The van der Waals surface area contributed by atoms with Crippen molar-refractivity contribution in [3.05, 3.63) is 58.3 Å². The topological polar surface area (TPSA) is 15.3 Å². The second-order valence-corrected chi connectivity index (χ2v) is 5.84. The standard InChI is InChI=1S/C17H20BrFN2/c1-3-10-20-12-13-4-7-16(11-17(13)18)21(2)15-8-5-14(19)6-9-15/h4-9,11,20H,3,10,12H2,1-2H3. The van der Waals surface area contributed by atoms with Gasteiger partial charge in [0.05, 0.1) is 0 Å². The molecule has 0 saturated heterocycles. The summed E-state index contributed by atoms with van der Waals surface area (Å²) >= 11 is 3.63. The molecule has 4 heteroatoms. The van der Waals surface area contributed by atoms with Gasteiger partial charge >= 0.3 is 0 Å². The van der Waals surface area contributed by atoms with Gasteiger partial charge in [0.1, 0.15) is 5.82 Å². The Morgan fingerprint density at radius 1 is 1.10 bits per heavy atom. The summed E-state index contributed by atoms with van der Waals surface area (Å²) in [6, 6.07) is 12.8. The van der Waals surface area contributed by atoms with E-state index in [4.69, 9.17) is 0 Å². The van der Waals surface area contributed by atoms with Crippen molar-refractivity contribution < 1.29 is 4.39 Å². The maximum Gasteiger partial charge on any atom is 0.123 e. The van der Waals surface area contributed by atoms with Crippen LogP contribution in [0, 0.1) is 5.82 Å². The molecule has 21 heavy (non-hydrogen) atoms. The molecule has 0 spiro atoms. The van der Waals surface area contributed by atoms with E-state index in [0.717, 1.165) is 35.4 Å². The zero-order valence-corrected chi connectivity index (χ0v) is 14.0. The molecule has 2 rings (SSSR count). The number of rotatable bonds is 6.